The van der Waals surface area contributed by atoms with Crippen LogP contribution >= 0.6 is 11.6 Å². The Hall–Kier alpha value is -1.80. The summed E-state index contributed by atoms with van der Waals surface area (Å²) in [5.41, 5.74) is 2.68. The SMILES string of the molecule is O=C(COc1ccc(Cl)cc1)CC1Cc2ccccc21. The maximum Gasteiger partial charge on any atom is 0.170 e. The van der Waals surface area contributed by atoms with E-state index in [9.17, 15) is 4.79 Å². The van der Waals surface area contributed by atoms with Gasteiger partial charge in [-0.1, -0.05) is 35.9 Å². The lowest BCUT2D eigenvalue weighted by molar-refractivity contribution is -0.121. The molecule has 2 aromatic carbocycles. The van der Waals surface area contributed by atoms with E-state index in [2.05, 4.69) is 12.1 Å². The largest absolute Gasteiger partial charge is 0.486 e. The summed E-state index contributed by atoms with van der Waals surface area (Å²) in [6.45, 7) is 0.125. The number of fused-ring (bicyclic) bond motifs is 1. The summed E-state index contributed by atoms with van der Waals surface area (Å²) in [6.07, 6.45) is 1.56. The van der Waals surface area contributed by atoms with E-state index in [1.165, 1.54) is 11.1 Å². The van der Waals surface area contributed by atoms with Gasteiger partial charge in [0.05, 0.1) is 0 Å². The van der Waals surface area contributed by atoms with E-state index in [0.717, 1.165) is 6.42 Å². The number of ether oxygens (including phenoxy) is 1. The fourth-order valence-electron chi connectivity index (χ4n) is 2.57. The van der Waals surface area contributed by atoms with E-state index in [1.54, 1.807) is 24.3 Å². The van der Waals surface area contributed by atoms with Gasteiger partial charge in [-0.05, 0) is 47.7 Å². The Balaban J connectivity index is 1.50. The second-order valence-corrected chi connectivity index (χ2v) is 5.52. The predicted octanol–water partition coefficient (Wildman–Crippen LogP) is 4.02. The minimum Gasteiger partial charge on any atom is -0.486 e. The molecule has 0 amide bonds. The molecule has 0 bridgehead atoms. The van der Waals surface area contributed by atoms with Gasteiger partial charge in [-0.3, -0.25) is 4.79 Å². The van der Waals surface area contributed by atoms with Crippen molar-refractivity contribution in [1.29, 1.82) is 0 Å². The fraction of sp³-hybridized carbons (Fsp3) is 0.235. The minimum atomic E-state index is 0.125. The van der Waals surface area contributed by atoms with Gasteiger partial charge < -0.3 is 4.74 Å². The molecule has 3 rings (SSSR count). The van der Waals surface area contributed by atoms with Gasteiger partial charge >= 0.3 is 0 Å². The van der Waals surface area contributed by atoms with E-state index in [1.807, 2.05) is 12.1 Å². The number of Topliss-reactive ketones (excluding diaryl/α,β-unsaturated/α-hetero) is 1. The average molecular weight is 287 g/mol. The van der Waals surface area contributed by atoms with Crippen molar-refractivity contribution < 1.29 is 9.53 Å². The van der Waals surface area contributed by atoms with Crippen LogP contribution in [0.5, 0.6) is 5.75 Å². The smallest absolute Gasteiger partial charge is 0.170 e. The van der Waals surface area contributed by atoms with Gasteiger partial charge in [0.25, 0.3) is 0 Å². The van der Waals surface area contributed by atoms with Crippen LogP contribution in [0.25, 0.3) is 0 Å². The maximum atomic E-state index is 11.9. The van der Waals surface area contributed by atoms with Crippen LogP contribution in [-0.2, 0) is 11.2 Å². The molecule has 0 aromatic heterocycles. The number of halogens is 1. The van der Waals surface area contributed by atoms with Crippen molar-refractivity contribution >= 4 is 17.4 Å². The Labute approximate surface area is 123 Å². The van der Waals surface area contributed by atoms with Crippen LogP contribution < -0.4 is 4.74 Å². The zero-order valence-electron chi connectivity index (χ0n) is 11.0. The van der Waals surface area contributed by atoms with Gasteiger partial charge in [0.2, 0.25) is 0 Å². The molecule has 0 saturated heterocycles. The first kappa shape index (κ1) is 13.2. The van der Waals surface area contributed by atoms with E-state index in [4.69, 9.17) is 16.3 Å². The Morgan fingerprint density at radius 1 is 1.15 bits per heavy atom. The normalized spacial score (nSPS) is 16.1. The Morgan fingerprint density at radius 2 is 1.90 bits per heavy atom. The molecule has 2 aromatic rings. The van der Waals surface area contributed by atoms with E-state index >= 15 is 0 Å². The molecule has 0 radical (unpaired) electrons. The molecular weight excluding hydrogens is 272 g/mol. The highest BCUT2D eigenvalue weighted by molar-refractivity contribution is 6.30. The first-order chi connectivity index (χ1) is 9.72. The van der Waals surface area contributed by atoms with Gasteiger partial charge in [-0.15, -0.1) is 0 Å². The van der Waals surface area contributed by atoms with Gasteiger partial charge in [0.1, 0.15) is 12.4 Å². The molecule has 0 fully saturated rings. The second kappa shape index (κ2) is 5.68. The topological polar surface area (TPSA) is 26.3 Å². The molecule has 0 heterocycles. The third kappa shape index (κ3) is 2.86. The van der Waals surface area contributed by atoms with Gasteiger partial charge in [-0.25, -0.2) is 0 Å². The van der Waals surface area contributed by atoms with Crippen molar-refractivity contribution in [3.63, 3.8) is 0 Å². The molecule has 0 spiro atoms. The Kier molecular flexibility index (Phi) is 3.75. The summed E-state index contributed by atoms with van der Waals surface area (Å²) in [4.78, 5) is 11.9. The third-order valence-electron chi connectivity index (χ3n) is 3.65. The highest BCUT2D eigenvalue weighted by Gasteiger charge is 2.27. The van der Waals surface area contributed by atoms with E-state index in [0.29, 0.717) is 23.1 Å². The first-order valence-corrected chi connectivity index (χ1v) is 7.08. The maximum absolute atomic E-state index is 11.9. The molecule has 1 aliphatic carbocycles. The van der Waals surface area contributed by atoms with Crippen molar-refractivity contribution in [3.05, 3.63) is 64.7 Å². The number of hydrogen-bond donors (Lipinski definition) is 0. The molecular formula is C17H15ClO2. The van der Waals surface area contributed by atoms with Crippen LogP contribution in [0.2, 0.25) is 5.02 Å². The first-order valence-electron chi connectivity index (χ1n) is 6.70. The van der Waals surface area contributed by atoms with Gasteiger partial charge in [0.15, 0.2) is 5.78 Å². The van der Waals surface area contributed by atoms with Crippen molar-refractivity contribution in [3.8, 4) is 5.75 Å². The molecule has 2 nitrogen and oxygen atoms in total. The van der Waals surface area contributed by atoms with Crippen molar-refractivity contribution in [1.82, 2.24) is 0 Å². The standard InChI is InChI=1S/C17H15ClO2/c18-14-5-7-16(8-6-14)20-11-15(19)10-13-9-12-3-1-2-4-17(12)13/h1-8,13H,9-11H2. The van der Waals surface area contributed by atoms with Crippen LogP contribution in [0.4, 0.5) is 0 Å². The number of carbonyl (C=O) groups excluding carboxylic acids is 1. The average Bonchev–Trinajstić information content (AvgIpc) is 2.44. The highest BCUT2D eigenvalue weighted by Crippen LogP contribution is 2.37. The van der Waals surface area contributed by atoms with Crippen LogP contribution in [-0.4, -0.2) is 12.4 Å². The van der Waals surface area contributed by atoms with Crippen LogP contribution in [0.3, 0.4) is 0 Å². The fourth-order valence-corrected chi connectivity index (χ4v) is 2.70. The quantitative estimate of drug-likeness (QED) is 0.830. The van der Waals surface area contributed by atoms with Crippen LogP contribution in [0, 0.1) is 0 Å². The van der Waals surface area contributed by atoms with Gasteiger partial charge in [0, 0.05) is 11.4 Å². The molecule has 1 aliphatic rings. The van der Waals surface area contributed by atoms with E-state index < -0.39 is 0 Å². The Morgan fingerprint density at radius 3 is 2.65 bits per heavy atom. The summed E-state index contributed by atoms with van der Waals surface area (Å²) in [6, 6.07) is 15.4. The molecule has 102 valence electrons. The van der Waals surface area contributed by atoms with Crippen LogP contribution in [0.1, 0.15) is 23.5 Å². The summed E-state index contributed by atoms with van der Waals surface area (Å²) < 4.78 is 5.47. The third-order valence-corrected chi connectivity index (χ3v) is 3.90. The molecule has 0 aliphatic heterocycles. The molecule has 3 heteroatoms. The number of rotatable bonds is 5. The van der Waals surface area contributed by atoms with E-state index in [-0.39, 0.29) is 12.4 Å². The number of hydrogen-bond acceptors (Lipinski definition) is 2. The molecule has 1 unspecified atom stereocenters. The highest BCUT2D eigenvalue weighted by atomic mass is 35.5. The predicted molar refractivity (Wildman–Crippen MR) is 79.5 cm³/mol. The second-order valence-electron chi connectivity index (χ2n) is 5.09. The zero-order chi connectivity index (χ0) is 13.9. The summed E-state index contributed by atoms with van der Waals surface area (Å²) in [5.74, 6) is 1.18. The lowest BCUT2D eigenvalue weighted by Gasteiger charge is -2.29. The summed E-state index contributed by atoms with van der Waals surface area (Å²) >= 11 is 5.80. The summed E-state index contributed by atoms with van der Waals surface area (Å²) in [7, 11) is 0. The Bertz CT molecular complexity index is 619. The number of benzene rings is 2. The number of carbonyl (C=O) groups is 1. The number of ketones is 1. The summed E-state index contributed by atoms with van der Waals surface area (Å²) in [5, 5.41) is 0.662. The van der Waals surface area contributed by atoms with Crippen LogP contribution in [0.15, 0.2) is 48.5 Å². The van der Waals surface area contributed by atoms with Crippen molar-refractivity contribution in [2.45, 2.75) is 18.8 Å². The molecule has 0 saturated carbocycles. The van der Waals surface area contributed by atoms with Crippen molar-refractivity contribution in [2.24, 2.45) is 0 Å². The lowest BCUT2D eigenvalue weighted by Crippen LogP contribution is -2.22. The minimum absolute atomic E-state index is 0.125. The van der Waals surface area contributed by atoms with Crippen molar-refractivity contribution in [2.75, 3.05) is 6.61 Å². The molecule has 1 atom stereocenters. The monoisotopic (exact) mass is 286 g/mol. The lowest BCUT2D eigenvalue weighted by atomic mass is 9.75. The zero-order valence-corrected chi connectivity index (χ0v) is 11.8. The van der Waals surface area contributed by atoms with Gasteiger partial charge in [-0.2, -0.15) is 0 Å². The molecule has 20 heavy (non-hydrogen) atoms. The molecule has 0 N–H and O–H groups in total.